The zero-order valence-corrected chi connectivity index (χ0v) is 11.1. The van der Waals surface area contributed by atoms with Crippen LogP contribution in [0.4, 0.5) is 0 Å². The van der Waals surface area contributed by atoms with Crippen LogP contribution in [0, 0.1) is 5.92 Å². The van der Waals surface area contributed by atoms with Gasteiger partial charge in [0.05, 0.1) is 6.42 Å². The molecule has 0 spiro atoms. The maximum absolute atomic E-state index is 11.4. The molecule has 0 aromatic heterocycles. The van der Waals surface area contributed by atoms with Crippen LogP contribution in [-0.4, -0.2) is 11.6 Å². The van der Waals surface area contributed by atoms with E-state index in [4.69, 9.17) is 0 Å². The zero-order valence-electron chi connectivity index (χ0n) is 11.1. The van der Waals surface area contributed by atoms with Gasteiger partial charge in [-0.05, 0) is 12.8 Å². The fourth-order valence-corrected chi connectivity index (χ4v) is 1.94. The zero-order chi connectivity index (χ0) is 12.4. The number of hydrogen-bond acceptors (Lipinski definition) is 2. The average Bonchev–Trinajstić information content (AvgIpc) is 2.15. The molecular formula is C14H26O2. The molecule has 94 valence electrons. The summed E-state index contributed by atoms with van der Waals surface area (Å²) in [5.74, 6) is 0.530. The Kier molecular flexibility index (Phi) is 9.16. The Labute approximate surface area is 99.8 Å². The van der Waals surface area contributed by atoms with Crippen LogP contribution < -0.4 is 0 Å². The molecule has 0 radical (unpaired) electrons. The largest absolute Gasteiger partial charge is 0.300 e. The quantitative estimate of drug-likeness (QED) is 0.418. The van der Waals surface area contributed by atoms with Gasteiger partial charge in [-0.1, -0.05) is 52.4 Å². The standard InChI is InChI=1S/C14H26O2/c1-4-5-6-7-8-9-12(2)10-14(16)11-13(3)15/h12H,4-11H2,1-3H3. The van der Waals surface area contributed by atoms with Gasteiger partial charge in [-0.2, -0.15) is 0 Å². The molecule has 0 N–H and O–H groups in total. The van der Waals surface area contributed by atoms with Gasteiger partial charge in [0, 0.05) is 6.42 Å². The summed E-state index contributed by atoms with van der Waals surface area (Å²) in [6, 6.07) is 0. The molecular weight excluding hydrogens is 200 g/mol. The molecule has 0 aromatic rings. The van der Waals surface area contributed by atoms with Gasteiger partial charge in [0.25, 0.3) is 0 Å². The van der Waals surface area contributed by atoms with Crippen molar-refractivity contribution >= 4 is 11.6 Å². The molecule has 0 amide bonds. The van der Waals surface area contributed by atoms with Gasteiger partial charge in [0.1, 0.15) is 11.6 Å². The van der Waals surface area contributed by atoms with Crippen LogP contribution in [0.5, 0.6) is 0 Å². The summed E-state index contributed by atoms with van der Waals surface area (Å²) in [5.41, 5.74) is 0. The number of hydrogen-bond donors (Lipinski definition) is 0. The van der Waals surface area contributed by atoms with Crippen LogP contribution in [-0.2, 0) is 9.59 Å². The first-order valence-corrected chi connectivity index (χ1v) is 6.57. The summed E-state index contributed by atoms with van der Waals surface area (Å²) in [5, 5.41) is 0. The van der Waals surface area contributed by atoms with Crippen molar-refractivity contribution < 1.29 is 9.59 Å². The fourth-order valence-electron chi connectivity index (χ4n) is 1.94. The summed E-state index contributed by atoms with van der Waals surface area (Å²) in [7, 11) is 0. The lowest BCUT2D eigenvalue weighted by Crippen LogP contribution is -2.09. The number of rotatable bonds is 10. The third kappa shape index (κ3) is 9.88. The van der Waals surface area contributed by atoms with Gasteiger partial charge < -0.3 is 0 Å². The van der Waals surface area contributed by atoms with E-state index >= 15 is 0 Å². The van der Waals surface area contributed by atoms with E-state index in [9.17, 15) is 9.59 Å². The van der Waals surface area contributed by atoms with E-state index < -0.39 is 0 Å². The van der Waals surface area contributed by atoms with E-state index in [1.807, 2.05) is 0 Å². The van der Waals surface area contributed by atoms with E-state index in [1.54, 1.807) is 0 Å². The van der Waals surface area contributed by atoms with Crippen molar-refractivity contribution in [2.75, 3.05) is 0 Å². The third-order valence-corrected chi connectivity index (χ3v) is 2.82. The molecule has 0 bridgehead atoms. The molecule has 0 saturated heterocycles. The Balaban J connectivity index is 3.46. The van der Waals surface area contributed by atoms with Gasteiger partial charge in [0.15, 0.2) is 0 Å². The van der Waals surface area contributed by atoms with Gasteiger partial charge in [-0.3, -0.25) is 9.59 Å². The normalized spacial score (nSPS) is 12.4. The van der Waals surface area contributed by atoms with Crippen LogP contribution in [0.25, 0.3) is 0 Å². The monoisotopic (exact) mass is 226 g/mol. The van der Waals surface area contributed by atoms with E-state index in [0.29, 0.717) is 12.3 Å². The lowest BCUT2D eigenvalue weighted by atomic mass is 9.95. The molecule has 0 saturated carbocycles. The minimum absolute atomic E-state index is 0.0138. The van der Waals surface area contributed by atoms with Gasteiger partial charge in [0.2, 0.25) is 0 Å². The minimum atomic E-state index is -0.0138. The molecule has 1 atom stereocenters. The summed E-state index contributed by atoms with van der Waals surface area (Å²) >= 11 is 0. The average molecular weight is 226 g/mol. The van der Waals surface area contributed by atoms with Gasteiger partial charge >= 0.3 is 0 Å². The van der Waals surface area contributed by atoms with Crippen molar-refractivity contribution in [2.24, 2.45) is 5.92 Å². The van der Waals surface area contributed by atoms with Gasteiger partial charge in [-0.25, -0.2) is 0 Å². The minimum Gasteiger partial charge on any atom is -0.300 e. The van der Waals surface area contributed by atoms with Crippen molar-refractivity contribution in [3.8, 4) is 0 Å². The maximum Gasteiger partial charge on any atom is 0.140 e. The van der Waals surface area contributed by atoms with Crippen molar-refractivity contribution in [3.63, 3.8) is 0 Å². The predicted octanol–water partition coefficient (Wildman–Crippen LogP) is 3.92. The first-order chi connectivity index (χ1) is 7.56. The first-order valence-electron chi connectivity index (χ1n) is 6.57. The second kappa shape index (κ2) is 9.56. The van der Waals surface area contributed by atoms with E-state index in [0.717, 1.165) is 6.42 Å². The summed E-state index contributed by atoms with van der Waals surface area (Å²) in [6.07, 6.45) is 8.21. The highest BCUT2D eigenvalue weighted by Gasteiger charge is 2.10. The highest BCUT2D eigenvalue weighted by Crippen LogP contribution is 2.15. The van der Waals surface area contributed by atoms with Crippen LogP contribution in [0.2, 0.25) is 0 Å². The number of carbonyl (C=O) groups is 2. The van der Waals surface area contributed by atoms with Crippen molar-refractivity contribution in [2.45, 2.75) is 72.1 Å². The number of unbranched alkanes of at least 4 members (excludes halogenated alkanes) is 4. The number of ketones is 2. The van der Waals surface area contributed by atoms with E-state index in [2.05, 4.69) is 13.8 Å². The molecule has 1 unspecified atom stereocenters. The summed E-state index contributed by atoms with van der Waals surface area (Å²) < 4.78 is 0. The van der Waals surface area contributed by atoms with Crippen molar-refractivity contribution in [1.82, 2.24) is 0 Å². The Morgan fingerprint density at radius 1 is 1.06 bits per heavy atom. The number of Topliss-reactive ketones (excluding diaryl/α,β-unsaturated/α-hetero) is 2. The molecule has 0 fully saturated rings. The Hall–Kier alpha value is -0.660. The Morgan fingerprint density at radius 3 is 2.25 bits per heavy atom. The van der Waals surface area contributed by atoms with Gasteiger partial charge in [-0.15, -0.1) is 0 Å². The van der Waals surface area contributed by atoms with E-state index in [-0.39, 0.29) is 18.0 Å². The summed E-state index contributed by atoms with van der Waals surface area (Å²) in [4.78, 5) is 22.1. The van der Waals surface area contributed by atoms with Crippen LogP contribution in [0.15, 0.2) is 0 Å². The third-order valence-electron chi connectivity index (χ3n) is 2.82. The second-order valence-corrected chi connectivity index (χ2v) is 4.93. The molecule has 2 nitrogen and oxygen atoms in total. The van der Waals surface area contributed by atoms with Crippen molar-refractivity contribution in [3.05, 3.63) is 0 Å². The lowest BCUT2D eigenvalue weighted by molar-refractivity contribution is -0.126. The molecule has 0 aliphatic carbocycles. The molecule has 16 heavy (non-hydrogen) atoms. The van der Waals surface area contributed by atoms with Crippen LogP contribution in [0.1, 0.15) is 72.1 Å². The summed E-state index contributed by atoms with van der Waals surface area (Å²) in [6.45, 7) is 5.80. The molecule has 0 aliphatic rings. The van der Waals surface area contributed by atoms with Crippen molar-refractivity contribution in [1.29, 1.82) is 0 Å². The second-order valence-electron chi connectivity index (χ2n) is 4.93. The predicted molar refractivity (Wildman–Crippen MR) is 67.5 cm³/mol. The highest BCUT2D eigenvalue weighted by atomic mass is 16.1. The molecule has 2 heteroatoms. The number of carbonyl (C=O) groups excluding carboxylic acids is 2. The SMILES string of the molecule is CCCCCCCC(C)CC(=O)CC(C)=O. The topological polar surface area (TPSA) is 34.1 Å². The maximum atomic E-state index is 11.4. The van der Waals surface area contributed by atoms with E-state index in [1.165, 1.54) is 39.0 Å². The molecule has 0 aliphatic heterocycles. The lowest BCUT2D eigenvalue weighted by Gasteiger charge is -2.09. The highest BCUT2D eigenvalue weighted by molar-refractivity contribution is 5.97. The molecule has 0 heterocycles. The first kappa shape index (κ1) is 15.3. The molecule has 0 rings (SSSR count). The molecule has 0 aromatic carbocycles. The Bertz CT molecular complexity index is 209. The Morgan fingerprint density at radius 2 is 1.69 bits per heavy atom. The fraction of sp³-hybridized carbons (Fsp3) is 0.857. The van der Waals surface area contributed by atoms with Crippen LogP contribution >= 0.6 is 0 Å². The van der Waals surface area contributed by atoms with Crippen LogP contribution in [0.3, 0.4) is 0 Å². The smallest absolute Gasteiger partial charge is 0.140 e.